The third kappa shape index (κ3) is 4.32. The molecule has 1 saturated heterocycles. The van der Waals surface area contributed by atoms with Gasteiger partial charge in [-0.15, -0.1) is 12.4 Å². The molecule has 1 nitrogen and oxygen atoms in total. The summed E-state index contributed by atoms with van der Waals surface area (Å²) in [6.07, 6.45) is 5.20. The first kappa shape index (κ1) is 13.8. The van der Waals surface area contributed by atoms with Crippen molar-refractivity contribution in [2.75, 3.05) is 13.1 Å². The van der Waals surface area contributed by atoms with Crippen molar-refractivity contribution in [1.82, 2.24) is 5.32 Å². The first-order chi connectivity index (χ1) is 7.34. The zero-order chi connectivity index (χ0) is 10.5. The summed E-state index contributed by atoms with van der Waals surface area (Å²) in [4.78, 5) is 0. The number of halogens is 2. The molecule has 1 N–H and O–H groups in total. The fourth-order valence-electron chi connectivity index (χ4n) is 2.19. The molecule has 1 aliphatic heterocycles. The number of piperidine rings is 1. The molecule has 3 heteroatoms. The molecule has 1 aliphatic rings. The van der Waals surface area contributed by atoms with Crippen LogP contribution in [0.2, 0.25) is 5.02 Å². The molecule has 0 saturated carbocycles. The third-order valence-electron chi connectivity index (χ3n) is 3.21. The van der Waals surface area contributed by atoms with Crippen molar-refractivity contribution in [3.63, 3.8) is 0 Å². The minimum absolute atomic E-state index is 0. The van der Waals surface area contributed by atoms with Gasteiger partial charge in [0, 0.05) is 5.02 Å². The van der Waals surface area contributed by atoms with Crippen LogP contribution in [0.5, 0.6) is 0 Å². The monoisotopic (exact) mass is 259 g/mol. The van der Waals surface area contributed by atoms with E-state index in [9.17, 15) is 0 Å². The van der Waals surface area contributed by atoms with Crippen LogP contribution >= 0.6 is 24.0 Å². The summed E-state index contributed by atoms with van der Waals surface area (Å²) < 4.78 is 0. The highest BCUT2D eigenvalue weighted by atomic mass is 35.5. The summed E-state index contributed by atoms with van der Waals surface area (Å²) in [6, 6.07) is 8.26. The SMILES string of the molecule is Cl.Clc1ccc(CCC2CCNCC2)cc1. The normalized spacial score (nSPS) is 16.8. The van der Waals surface area contributed by atoms with Crippen LogP contribution < -0.4 is 5.32 Å². The minimum atomic E-state index is 0. The Balaban J connectivity index is 0.00000128. The number of benzene rings is 1. The second-order valence-corrected chi connectivity index (χ2v) is 4.79. The number of aryl methyl sites for hydroxylation is 1. The molecule has 0 bridgehead atoms. The van der Waals surface area contributed by atoms with Crippen molar-refractivity contribution >= 4 is 24.0 Å². The molecular formula is C13H19Cl2N. The lowest BCUT2D eigenvalue weighted by atomic mass is 9.91. The van der Waals surface area contributed by atoms with Crippen molar-refractivity contribution in [2.24, 2.45) is 5.92 Å². The van der Waals surface area contributed by atoms with E-state index < -0.39 is 0 Å². The van der Waals surface area contributed by atoms with E-state index in [4.69, 9.17) is 11.6 Å². The topological polar surface area (TPSA) is 12.0 Å². The minimum Gasteiger partial charge on any atom is -0.317 e. The zero-order valence-corrected chi connectivity index (χ0v) is 11.0. The van der Waals surface area contributed by atoms with Gasteiger partial charge in [-0.25, -0.2) is 0 Å². The Kier molecular flexibility index (Phi) is 6.18. The molecule has 2 rings (SSSR count). The third-order valence-corrected chi connectivity index (χ3v) is 3.47. The summed E-state index contributed by atoms with van der Waals surface area (Å²) >= 11 is 5.85. The maximum Gasteiger partial charge on any atom is 0.0406 e. The van der Waals surface area contributed by atoms with Crippen LogP contribution in [0.25, 0.3) is 0 Å². The maximum atomic E-state index is 5.85. The quantitative estimate of drug-likeness (QED) is 0.873. The highest BCUT2D eigenvalue weighted by Crippen LogP contribution is 2.19. The fourth-order valence-corrected chi connectivity index (χ4v) is 2.32. The molecule has 1 aromatic rings. The fraction of sp³-hybridized carbons (Fsp3) is 0.538. The van der Waals surface area contributed by atoms with Gasteiger partial charge in [0.15, 0.2) is 0 Å². The van der Waals surface area contributed by atoms with Crippen LogP contribution in [-0.4, -0.2) is 13.1 Å². The molecule has 0 atom stereocenters. The Hall–Kier alpha value is -0.240. The van der Waals surface area contributed by atoms with Gasteiger partial charge >= 0.3 is 0 Å². The van der Waals surface area contributed by atoms with Gasteiger partial charge in [0.1, 0.15) is 0 Å². The molecule has 1 heterocycles. The number of rotatable bonds is 3. The standard InChI is InChI=1S/C13H18ClN.ClH/c14-13-5-3-11(4-6-13)1-2-12-7-9-15-10-8-12;/h3-6,12,15H,1-2,7-10H2;1H. The van der Waals surface area contributed by atoms with Gasteiger partial charge in [0.25, 0.3) is 0 Å². The van der Waals surface area contributed by atoms with E-state index in [1.54, 1.807) is 0 Å². The van der Waals surface area contributed by atoms with E-state index in [1.807, 2.05) is 12.1 Å². The summed E-state index contributed by atoms with van der Waals surface area (Å²) in [7, 11) is 0. The smallest absolute Gasteiger partial charge is 0.0406 e. The van der Waals surface area contributed by atoms with Crippen molar-refractivity contribution < 1.29 is 0 Å². The predicted molar refractivity (Wildman–Crippen MR) is 72.6 cm³/mol. The molecule has 0 unspecified atom stereocenters. The first-order valence-electron chi connectivity index (χ1n) is 5.80. The summed E-state index contributed by atoms with van der Waals surface area (Å²) in [5.74, 6) is 0.918. The van der Waals surface area contributed by atoms with E-state index in [2.05, 4.69) is 17.4 Å². The van der Waals surface area contributed by atoms with E-state index in [0.29, 0.717) is 0 Å². The molecule has 1 aromatic carbocycles. The lowest BCUT2D eigenvalue weighted by molar-refractivity contribution is 0.354. The van der Waals surface area contributed by atoms with Gasteiger partial charge in [-0.1, -0.05) is 23.7 Å². The van der Waals surface area contributed by atoms with Crippen LogP contribution in [0.3, 0.4) is 0 Å². The molecule has 0 amide bonds. The average molecular weight is 260 g/mol. The Morgan fingerprint density at radius 3 is 2.38 bits per heavy atom. The van der Waals surface area contributed by atoms with Crippen molar-refractivity contribution in [1.29, 1.82) is 0 Å². The van der Waals surface area contributed by atoms with Crippen LogP contribution in [0.4, 0.5) is 0 Å². The Morgan fingerprint density at radius 1 is 1.12 bits per heavy atom. The number of nitrogens with one attached hydrogen (secondary N) is 1. The van der Waals surface area contributed by atoms with Gasteiger partial charge in [-0.3, -0.25) is 0 Å². The highest BCUT2D eigenvalue weighted by Gasteiger charge is 2.12. The van der Waals surface area contributed by atoms with Gasteiger partial charge < -0.3 is 5.32 Å². The van der Waals surface area contributed by atoms with Gasteiger partial charge in [-0.05, 0) is 62.4 Å². The lowest BCUT2D eigenvalue weighted by Crippen LogP contribution is -2.27. The molecule has 0 aliphatic carbocycles. The molecule has 0 radical (unpaired) electrons. The molecule has 90 valence electrons. The highest BCUT2D eigenvalue weighted by molar-refractivity contribution is 6.30. The van der Waals surface area contributed by atoms with Crippen molar-refractivity contribution in [3.8, 4) is 0 Å². The Bertz CT molecular complexity index is 291. The molecule has 1 fully saturated rings. The lowest BCUT2D eigenvalue weighted by Gasteiger charge is -2.22. The maximum absolute atomic E-state index is 5.85. The predicted octanol–water partition coefficient (Wildman–Crippen LogP) is 3.69. The van der Waals surface area contributed by atoms with Crippen LogP contribution in [0.15, 0.2) is 24.3 Å². The number of hydrogen-bond donors (Lipinski definition) is 1. The Morgan fingerprint density at radius 2 is 1.75 bits per heavy atom. The van der Waals surface area contributed by atoms with Crippen LogP contribution in [0, 0.1) is 5.92 Å². The van der Waals surface area contributed by atoms with Gasteiger partial charge in [0.05, 0.1) is 0 Å². The average Bonchev–Trinajstić information content (AvgIpc) is 2.30. The van der Waals surface area contributed by atoms with Gasteiger partial charge in [0.2, 0.25) is 0 Å². The van der Waals surface area contributed by atoms with E-state index in [0.717, 1.165) is 10.9 Å². The molecule has 16 heavy (non-hydrogen) atoms. The Labute approximate surface area is 109 Å². The summed E-state index contributed by atoms with van der Waals surface area (Å²) in [5, 5.41) is 4.24. The summed E-state index contributed by atoms with van der Waals surface area (Å²) in [6.45, 7) is 2.40. The van der Waals surface area contributed by atoms with Crippen LogP contribution in [0.1, 0.15) is 24.8 Å². The van der Waals surface area contributed by atoms with E-state index in [-0.39, 0.29) is 12.4 Å². The van der Waals surface area contributed by atoms with Crippen LogP contribution in [-0.2, 0) is 6.42 Å². The molecule has 0 aromatic heterocycles. The van der Waals surface area contributed by atoms with E-state index in [1.165, 1.54) is 44.3 Å². The second-order valence-electron chi connectivity index (χ2n) is 4.36. The molecule has 0 spiro atoms. The van der Waals surface area contributed by atoms with E-state index >= 15 is 0 Å². The summed E-state index contributed by atoms with van der Waals surface area (Å²) in [5.41, 5.74) is 1.41. The number of hydrogen-bond acceptors (Lipinski definition) is 1. The first-order valence-corrected chi connectivity index (χ1v) is 6.17. The van der Waals surface area contributed by atoms with Crippen molar-refractivity contribution in [3.05, 3.63) is 34.9 Å². The molecular weight excluding hydrogens is 241 g/mol. The van der Waals surface area contributed by atoms with Crippen molar-refractivity contribution in [2.45, 2.75) is 25.7 Å². The zero-order valence-electron chi connectivity index (χ0n) is 9.42. The largest absolute Gasteiger partial charge is 0.317 e. The second kappa shape index (κ2) is 7.16. The van der Waals surface area contributed by atoms with Gasteiger partial charge in [-0.2, -0.15) is 0 Å².